The van der Waals surface area contributed by atoms with Crippen LogP contribution in [0.25, 0.3) is 0 Å². The van der Waals surface area contributed by atoms with Crippen molar-refractivity contribution in [3.05, 3.63) is 0 Å². The zero-order chi connectivity index (χ0) is 10.9. The largest absolute Gasteiger partial charge is 0.439 e. The van der Waals surface area contributed by atoms with Gasteiger partial charge >= 0.3 is 12.4 Å². The van der Waals surface area contributed by atoms with E-state index in [-0.39, 0.29) is 0 Å². The lowest BCUT2D eigenvalue weighted by molar-refractivity contribution is -0.378. The minimum absolute atomic E-state index is 2.84. The molecule has 3 nitrogen and oxygen atoms in total. The molecule has 0 radical (unpaired) electrons. The van der Waals surface area contributed by atoms with E-state index in [1.807, 2.05) is 0 Å². The van der Waals surface area contributed by atoms with E-state index in [4.69, 9.17) is 10.2 Å². The third kappa shape index (κ3) is 4.29. The van der Waals surface area contributed by atoms with E-state index in [1.54, 1.807) is 0 Å². The van der Waals surface area contributed by atoms with Gasteiger partial charge in [-0.05, 0) is 0 Å². The van der Waals surface area contributed by atoms with Gasteiger partial charge in [0.2, 0.25) is 0 Å². The van der Waals surface area contributed by atoms with Gasteiger partial charge in [-0.2, -0.15) is 26.3 Å². The Kier molecular flexibility index (Phi) is 3.53. The van der Waals surface area contributed by atoms with Crippen molar-refractivity contribution in [3.63, 3.8) is 0 Å². The third-order valence-electron chi connectivity index (χ3n) is 0.818. The SMILES string of the molecule is OC(OC(O)C(F)(F)F)C(F)(F)F. The van der Waals surface area contributed by atoms with Gasteiger partial charge < -0.3 is 14.9 Å². The Labute approximate surface area is 67.5 Å². The average Bonchev–Trinajstić information content (AvgIpc) is 1.82. The summed E-state index contributed by atoms with van der Waals surface area (Å²) in [4.78, 5) is 0. The molecule has 0 aromatic heterocycles. The topological polar surface area (TPSA) is 49.7 Å². The van der Waals surface area contributed by atoms with Crippen molar-refractivity contribution in [1.82, 2.24) is 0 Å². The van der Waals surface area contributed by atoms with Crippen LogP contribution >= 0.6 is 0 Å². The van der Waals surface area contributed by atoms with E-state index >= 15 is 0 Å². The molecular weight excluding hydrogens is 210 g/mol. The highest BCUT2D eigenvalue weighted by Gasteiger charge is 2.47. The maximum Gasteiger partial charge on any atom is 0.439 e. The molecule has 80 valence electrons. The van der Waals surface area contributed by atoms with Gasteiger partial charge in [0.15, 0.2) is 0 Å². The summed E-state index contributed by atoms with van der Waals surface area (Å²) in [6, 6.07) is 0. The average molecular weight is 214 g/mol. The standard InChI is InChI=1S/C4H4F6O3/c5-3(6,7)1(11)13-2(12)4(8,9)10/h1-2,11-12H. The fraction of sp³-hybridized carbons (Fsp3) is 1.00. The van der Waals surface area contributed by atoms with Crippen LogP contribution in [-0.4, -0.2) is 35.1 Å². The number of aliphatic hydroxyl groups is 2. The van der Waals surface area contributed by atoms with E-state index in [9.17, 15) is 26.3 Å². The molecule has 0 rings (SSSR count). The van der Waals surface area contributed by atoms with Gasteiger partial charge in [-0.25, -0.2) is 0 Å². The highest BCUT2D eigenvalue weighted by Crippen LogP contribution is 2.26. The van der Waals surface area contributed by atoms with E-state index in [0.717, 1.165) is 0 Å². The lowest BCUT2D eigenvalue weighted by Crippen LogP contribution is -2.41. The van der Waals surface area contributed by atoms with Crippen molar-refractivity contribution in [1.29, 1.82) is 0 Å². The molecule has 13 heavy (non-hydrogen) atoms. The molecule has 0 aromatic rings. The summed E-state index contributed by atoms with van der Waals surface area (Å²) in [5.74, 6) is 0. The van der Waals surface area contributed by atoms with E-state index in [1.165, 1.54) is 0 Å². The van der Waals surface area contributed by atoms with Crippen molar-refractivity contribution < 1.29 is 41.3 Å². The first-order valence-corrected chi connectivity index (χ1v) is 2.70. The van der Waals surface area contributed by atoms with Crippen molar-refractivity contribution in [2.45, 2.75) is 24.9 Å². The predicted molar refractivity (Wildman–Crippen MR) is 25.2 cm³/mol. The number of halogens is 6. The Morgan fingerprint density at radius 3 is 1.15 bits per heavy atom. The molecule has 0 aromatic carbocycles. The lowest BCUT2D eigenvalue weighted by atomic mass is 10.6. The summed E-state index contributed by atoms with van der Waals surface area (Å²) >= 11 is 0. The molecule has 2 unspecified atom stereocenters. The minimum atomic E-state index is -5.37. The van der Waals surface area contributed by atoms with Crippen LogP contribution in [0.4, 0.5) is 26.3 Å². The second kappa shape index (κ2) is 3.68. The number of rotatable bonds is 2. The van der Waals surface area contributed by atoms with Gasteiger partial charge in [0.05, 0.1) is 0 Å². The molecule has 0 saturated carbocycles. The van der Waals surface area contributed by atoms with Crippen molar-refractivity contribution in [2.75, 3.05) is 0 Å². The van der Waals surface area contributed by atoms with Gasteiger partial charge in [0.1, 0.15) is 0 Å². The van der Waals surface area contributed by atoms with Crippen LogP contribution in [0.1, 0.15) is 0 Å². The van der Waals surface area contributed by atoms with Crippen LogP contribution in [0.3, 0.4) is 0 Å². The molecule has 0 bridgehead atoms. The highest BCUT2D eigenvalue weighted by atomic mass is 19.4. The van der Waals surface area contributed by atoms with Gasteiger partial charge in [-0.1, -0.05) is 0 Å². The fourth-order valence-electron chi connectivity index (χ4n) is 0.276. The normalized spacial score (nSPS) is 18.5. The Morgan fingerprint density at radius 2 is 1.00 bits per heavy atom. The summed E-state index contributed by atoms with van der Waals surface area (Å²) < 4.78 is 70.9. The second-order valence-corrected chi connectivity index (χ2v) is 1.92. The molecule has 0 aliphatic heterocycles. The Morgan fingerprint density at radius 1 is 0.769 bits per heavy atom. The quantitative estimate of drug-likeness (QED) is 0.527. The third-order valence-corrected chi connectivity index (χ3v) is 0.818. The molecule has 0 heterocycles. The van der Waals surface area contributed by atoms with Gasteiger partial charge in [-0.3, -0.25) is 0 Å². The number of ether oxygens (including phenoxy) is 1. The van der Waals surface area contributed by atoms with Gasteiger partial charge in [0.25, 0.3) is 12.6 Å². The molecule has 0 aliphatic carbocycles. The first kappa shape index (κ1) is 12.5. The maximum atomic E-state index is 11.3. The second-order valence-electron chi connectivity index (χ2n) is 1.92. The van der Waals surface area contributed by atoms with Crippen molar-refractivity contribution >= 4 is 0 Å². The van der Waals surface area contributed by atoms with Crippen LogP contribution in [0.2, 0.25) is 0 Å². The summed E-state index contributed by atoms with van der Waals surface area (Å²) in [5, 5.41) is 15.8. The summed E-state index contributed by atoms with van der Waals surface area (Å²) in [7, 11) is 0. The molecule has 0 saturated heterocycles. The Bertz CT molecular complexity index is 144. The Balaban J connectivity index is 4.15. The predicted octanol–water partition coefficient (Wildman–Crippen LogP) is 0.764. The number of alkyl halides is 6. The van der Waals surface area contributed by atoms with E-state index in [0.29, 0.717) is 0 Å². The fourth-order valence-corrected chi connectivity index (χ4v) is 0.276. The van der Waals surface area contributed by atoms with Crippen LogP contribution in [0.15, 0.2) is 0 Å². The van der Waals surface area contributed by atoms with E-state index < -0.39 is 24.9 Å². The first-order chi connectivity index (χ1) is 5.55. The zero-order valence-corrected chi connectivity index (χ0v) is 5.73. The highest BCUT2D eigenvalue weighted by molar-refractivity contribution is 4.59. The molecule has 0 aliphatic rings. The van der Waals surface area contributed by atoms with E-state index in [2.05, 4.69) is 4.74 Å². The maximum absolute atomic E-state index is 11.3. The molecule has 9 heteroatoms. The van der Waals surface area contributed by atoms with Crippen LogP contribution < -0.4 is 0 Å². The van der Waals surface area contributed by atoms with Crippen molar-refractivity contribution in [2.24, 2.45) is 0 Å². The first-order valence-electron chi connectivity index (χ1n) is 2.70. The number of hydrogen-bond donors (Lipinski definition) is 2. The van der Waals surface area contributed by atoms with Crippen LogP contribution in [0, 0.1) is 0 Å². The zero-order valence-electron chi connectivity index (χ0n) is 5.73. The monoisotopic (exact) mass is 214 g/mol. The summed E-state index contributed by atoms with van der Waals surface area (Å²) in [5.41, 5.74) is 0. The van der Waals surface area contributed by atoms with Gasteiger partial charge in [-0.15, -0.1) is 0 Å². The Hall–Kier alpha value is -0.540. The van der Waals surface area contributed by atoms with Crippen LogP contribution in [-0.2, 0) is 4.74 Å². The molecule has 0 amide bonds. The molecule has 2 N–H and O–H groups in total. The van der Waals surface area contributed by atoms with Crippen LogP contribution in [0.5, 0.6) is 0 Å². The molecule has 0 fully saturated rings. The number of hydrogen-bond acceptors (Lipinski definition) is 3. The molecule has 2 atom stereocenters. The number of aliphatic hydroxyl groups excluding tert-OH is 2. The lowest BCUT2D eigenvalue weighted by Gasteiger charge is -2.20. The van der Waals surface area contributed by atoms with Gasteiger partial charge in [0, 0.05) is 0 Å². The minimum Gasteiger partial charge on any atom is -0.361 e. The summed E-state index contributed by atoms with van der Waals surface area (Å²) in [6.07, 6.45) is -18.1. The summed E-state index contributed by atoms with van der Waals surface area (Å²) in [6.45, 7) is 0. The smallest absolute Gasteiger partial charge is 0.361 e. The van der Waals surface area contributed by atoms with Crippen molar-refractivity contribution in [3.8, 4) is 0 Å². The molecular formula is C4H4F6O3. The molecule has 0 spiro atoms.